The van der Waals surface area contributed by atoms with Crippen molar-refractivity contribution in [2.24, 2.45) is 4.99 Å². The van der Waals surface area contributed by atoms with Crippen molar-refractivity contribution < 1.29 is 0 Å². The highest BCUT2D eigenvalue weighted by Gasteiger charge is 2.27. The molecule has 61 heavy (non-hydrogen) atoms. The molecule has 0 aliphatic carbocycles. The van der Waals surface area contributed by atoms with E-state index in [1.807, 2.05) is 16.3 Å². The highest BCUT2D eigenvalue weighted by Crippen LogP contribution is 2.45. The third-order valence-electron chi connectivity index (χ3n) is 12.3. The van der Waals surface area contributed by atoms with E-state index in [1.54, 1.807) is 0 Å². The molecule has 0 spiro atoms. The Morgan fingerprint density at radius 2 is 1.16 bits per heavy atom. The summed E-state index contributed by atoms with van der Waals surface area (Å²) in [6, 6.07) is 70.6. The predicted octanol–water partition coefficient (Wildman–Crippen LogP) is 15.6. The zero-order valence-corrected chi connectivity index (χ0v) is 36.2. The Labute approximate surface area is 370 Å². The van der Waals surface area contributed by atoms with Crippen LogP contribution in [0.15, 0.2) is 199 Å². The van der Waals surface area contributed by atoms with Crippen molar-refractivity contribution in [2.45, 2.75) is 6.29 Å². The third kappa shape index (κ3) is 5.59. The van der Waals surface area contributed by atoms with Gasteiger partial charge in [0.25, 0.3) is 0 Å². The highest BCUT2D eigenvalue weighted by molar-refractivity contribution is 14.1. The minimum absolute atomic E-state index is 0.355. The molecule has 1 unspecified atom stereocenters. The van der Waals surface area contributed by atoms with E-state index >= 15 is 0 Å². The molecule has 1 N–H and O–H groups in total. The normalized spacial score (nSPS) is 13.8. The number of rotatable bonds is 4. The first kappa shape index (κ1) is 36.1. The number of benzene rings is 9. The lowest BCUT2D eigenvalue weighted by Gasteiger charge is -2.28. The number of halogens is 1. The van der Waals surface area contributed by atoms with E-state index in [4.69, 9.17) is 4.99 Å². The molecule has 0 bridgehead atoms. The summed E-state index contributed by atoms with van der Waals surface area (Å²) in [5.41, 5.74) is 12.6. The molecule has 0 saturated heterocycles. The molecular formula is C55H37IN4S. The Bertz CT molecular complexity index is 3710. The fourth-order valence-corrected chi connectivity index (χ4v) is 10.8. The van der Waals surface area contributed by atoms with Gasteiger partial charge < -0.3 is 14.5 Å². The second-order valence-corrected chi connectivity index (χ2v) is 16.6. The summed E-state index contributed by atoms with van der Waals surface area (Å²) >= 11 is 4.01. The van der Waals surface area contributed by atoms with Gasteiger partial charge in [-0.25, -0.2) is 4.99 Å². The standard InChI is InChI=1S/C54H34N4S.CH3I/c1-2-13-37(14-3-1)57-47-30-27-36(32-44(47)41-28-26-34-12-4-5-15-38(34)52(41)57)33-22-24-35(25-23-33)51-42-17-6-9-19-45(42)55-54(56-51)58-46-20-10-7-16-39(46)40-29-31-49-50(53(40)58)43-18-8-11-21-48(43)59-49;1-2/h1-32,54-55H;1H3. The highest BCUT2D eigenvalue weighted by atomic mass is 127. The Kier molecular flexibility index (Phi) is 8.57. The van der Waals surface area contributed by atoms with Gasteiger partial charge in [0.15, 0.2) is 0 Å². The topological polar surface area (TPSA) is 34.2 Å². The molecule has 3 aromatic heterocycles. The maximum absolute atomic E-state index is 5.61. The number of aliphatic imine (C=N–C) groups is 1. The molecule has 4 nitrogen and oxygen atoms in total. The summed E-state index contributed by atoms with van der Waals surface area (Å²) in [4.78, 5) is 7.58. The van der Waals surface area contributed by atoms with E-state index in [-0.39, 0.29) is 6.29 Å². The molecule has 1 aliphatic heterocycles. The van der Waals surface area contributed by atoms with Gasteiger partial charge in [0.2, 0.25) is 6.29 Å². The van der Waals surface area contributed by atoms with Gasteiger partial charge in [-0.05, 0) is 70.0 Å². The molecule has 13 rings (SSSR count). The third-order valence-corrected chi connectivity index (χ3v) is 13.5. The van der Waals surface area contributed by atoms with Gasteiger partial charge in [-0.1, -0.05) is 168 Å². The van der Waals surface area contributed by atoms with Gasteiger partial charge in [-0.2, -0.15) is 0 Å². The van der Waals surface area contributed by atoms with E-state index in [2.05, 4.69) is 231 Å². The molecule has 0 radical (unpaired) electrons. The monoisotopic (exact) mass is 912 g/mol. The van der Waals surface area contributed by atoms with Crippen LogP contribution in [0, 0.1) is 0 Å². The van der Waals surface area contributed by atoms with Gasteiger partial charge in [0.05, 0.1) is 27.8 Å². The van der Waals surface area contributed by atoms with E-state index in [1.165, 1.54) is 80.2 Å². The van der Waals surface area contributed by atoms with Crippen molar-refractivity contribution in [2.75, 3.05) is 10.2 Å². The van der Waals surface area contributed by atoms with Crippen molar-refractivity contribution >= 4 is 120 Å². The number of anilines is 1. The first-order valence-corrected chi connectivity index (χ1v) is 23.5. The average molecular weight is 913 g/mol. The van der Waals surface area contributed by atoms with E-state index < -0.39 is 0 Å². The van der Waals surface area contributed by atoms with E-state index in [9.17, 15) is 0 Å². The Morgan fingerprint density at radius 3 is 2.03 bits per heavy atom. The number of hydrogen-bond donors (Lipinski definition) is 1. The van der Waals surface area contributed by atoms with Crippen LogP contribution in [0.2, 0.25) is 0 Å². The van der Waals surface area contributed by atoms with Crippen molar-refractivity contribution in [1.29, 1.82) is 0 Å². The van der Waals surface area contributed by atoms with Crippen LogP contribution in [-0.4, -0.2) is 19.8 Å². The van der Waals surface area contributed by atoms with Crippen LogP contribution in [0.4, 0.5) is 5.69 Å². The lowest BCUT2D eigenvalue weighted by molar-refractivity contribution is 0.626. The summed E-state index contributed by atoms with van der Waals surface area (Å²) in [6.45, 7) is 0. The zero-order chi connectivity index (χ0) is 40.6. The minimum Gasteiger partial charge on any atom is -0.346 e. The second kappa shape index (κ2) is 14.5. The SMILES string of the molecule is CI.c1ccc(-n2c3ccc(-c4ccc(C5=NC(n6c7ccccc7c7ccc8sc9ccccc9c8c76)Nc6ccccc65)cc4)cc3c3ccc4ccccc4c32)cc1. The number of nitrogens with one attached hydrogen (secondary N) is 1. The number of aromatic nitrogens is 2. The number of nitrogens with zero attached hydrogens (tertiary/aromatic N) is 3. The maximum atomic E-state index is 5.61. The fraction of sp³-hybridized carbons (Fsp3) is 0.0364. The first-order valence-electron chi connectivity index (χ1n) is 20.5. The minimum atomic E-state index is -0.355. The van der Waals surface area contributed by atoms with Crippen LogP contribution in [0.5, 0.6) is 0 Å². The Balaban J connectivity index is 0.00000197. The van der Waals surface area contributed by atoms with Crippen molar-refractivity contribution in [1.82, 2.24) is 9.13 Å². The number of fused-ring (bicyclic) bond motifs is 13. The Hall–Kier alpha value is -6.74. The molecule has 4 heterocycles. The van der Waals surface area contributed by atoms with Crippen LogP contribution >= 0.6 is 33.9 Å². The fourth-order valence-electron chi connectivity index (χ4n) is 9.71. The maximum Gasteiger partial charge on any atom is 0.201 e. The number of hydrogen-bond acceptors (Lipinski definition) is 3. The molecule has 0 saturated carbocycles. The van der Waals surface area contributed by atoms with Gasteiger partial charge in [0.1, 0.15) is 0 Å². The van der Waals surface area contributed by atoms with Gasteiger partial charge in [-0.3, -0.25) is 0 Å². The molecule has 9 aromatic carbocycles. The van der Waals surface area contributed by atoms with Crippen LogP contribution < -0.4 is 5.32 Å². The first-order chi connectivity index (χ1) is 30.3. The van der Waals surface area contributed by atoms with E-state index in [0.29, 0.717) is 0 Å². The molecular weight excluding hydrogens is 876 g/mol. The number of para-hydroxylation sites is 3. The largest absolute Gasteiger partial charge is 0.346 e. The van der Waals surface area contributed by atoms with Crippen molar-refractivity contribution in [3.63, 3.8) is 0 Å². The van der Waals surface area contributed by atoms with Gasteiger partial charge >= 0.3 is 0 Å². The molecule has 6 heteroatoms. The molecule has 290 valence electrons. The summed E-state index contributed by atoms with van der Waals surface area (Å²) in [7, 11) is 0. The van der Waals surface area contributed by atoms with Crippen LogP contribution in [0.3, 0.4) is 0 Å². The van der Waals surface area contributed by atoms with E-state index in [0.717, 1.165) is 33.7 Å². The molecule has 12 aromatic rings. The predicted molar refractivity (Wildman–Crippen MR) is 271 cm³/mol. The molecule has 0 fully saturated rings. The summed E-state index contributed by atoms with van der Waals surface area (Å²) in [6.07, 6.45) is -0.355. The lowest BCUT2D eigenvalue weighted by Crippen LogP contribution is -2.24. The summed E-state index contributed by atoms with van der Waals surface area (Å²) in [5.74, 6) is 0. The quantitative estimate of drug-likeness (QED) is 0.139. The van der Waals surface area contributed by atoms with Crippen LogP contribution in [0.25, 0.3) is 91.4 Å². The summed E-state index contributed by atoms with van der Waals surface area (Å²) < 4.78 is 7.44. The lowest BCUT2D eigenvalue weighted by atomic mass is 9.96. The van der Waals surface area contributed by atoms with Crippen molar-refractivity contribution in [3.05, 3.63) is 205 Å². The molecule has 1 aliphatic rings. The van der Waals surface area contributed by atoms with Crippen LogP contribution in [0.1, 0.15) is 17.4 Å². The van der Waals surface area contributed by atoms with Gasteiger partial charge in [-0.15, -0.1) is 11.3 Å². The second-order valence-electron chi connectivity index (χ2n) is 15.5. The number of alkyl halides is 1. The number of thiophene rings is 1. The molecule has 0 amide bonds. The van der Waals surface area contributed by atoms with Gasteiger partial charge in [0, 0.05) is 69.6 Å². The smallest absolute Gasteiger partial charge is 0.201 e. The Morgan fingerprint density at radius 1 is 0.492 bits per heavy atom. The molecule has 1 atom stereocenters. The summed E-state index contributed by atoms with van der Waals surface area (Å²) in [5, 5.41) is 13.9. The zero-order valence-electron chi connectivity index (χ0n) is 33.2. The van der Waals surface area contributed by atoms with Crippen LogP contribution in [-0.2, 0) is 0 Å². The average Bonchev–Trinajstić information content (AvgIpc) is 4.00. The van der Waals surface area contributed by atoms with Crippen molar-refractivity contribution in [3.8, 4) is 16.8 Å².